The van der Waals surface area contributed by atoms with Crippen LogP contribution in [-0.2, 0) is 29.0 Å². The number of sulfonamides is 1. The zero-order valence-electron chi connectivity index (χ0n) is 13.6. The van der Waals surface area contributed by atoms with Gasteiger partial charge in [0, 0.05) is 12.2 Å². The van der Waals surface area contributed by atoms with Crippen molar-refractivity contribution in [3.05, 3.63) is 59.2 Å². The lowest BCUT2D eigenvalue weighted by Crippen LogP contribution is -2.19. The highest BCUT2D eigenvalue weighted by Gasteiger charge is 2.36. The average molecular weight is 372 g/mol. The third kappa shape index (κ3) is 5.20. The van der Waals surface area contributed by atoms with Gasteiger partial charge in [0.15, 0.2) is 0 Å². The number of halogens is 3. The standard InChI is InChI=1S/C17H19F3N2O2S/c1-2-12-3-5-13(6-4-12)9-10-22-14-7-8-16(25(21,23)24)15(11-14)17(18,19)20/h3-8,11,22H,2,9-10H2,1H3,(H2,21,23,24). The fourth-order valence-electron chi connectivity index (χ4n) is 2.40. The van der Waals surface area contributed by atoms with Gasteiger partial charge in [-0.2, -0.15) is 13.2 Å². The van der Waals surface area contributed by atoms with E-state index in [9.17, 15) is 21.6 Å². The molecule has 0 aliphatic carbocycles. The molecule has 0 bridgehead atoms. The van der Waals surface area contributed by atoms with E-state index in [1.165, 1.54) is 11.6 Å². The summed E-state index contributed by atoms with van der Waals surface area (Å²) in [5, 5.41) is 7.73. The third-order valence-corrected chi connectivity index (χ3v) is 4.73. The molecule has 4 nitrogen and oxygen atoms in total. The molecule has 2 aromatic rings. The molecule has 0 heterocycles. The summed E-state index contributed by atoms with van der Waals surface area (Å²) in [6, 6.07) is 10.9. The predicted molar refractivity (Wildman–Crippen MR) is 90.8 cm³/mol. The Hall–Kier alpha value is -2.06. The van der Waals surface area contributed by atoms with E-state index in [0.29, 0.717) is 13.0 Å². The van der Waals surface area contributed by atoms with E-state index >= 15 is 0 Å². The molecule has 0 saturated heterocycles. The molecule has 0 unspecified atom stereocenters. The van der Waals surface area contributed by atoms with Crippen molar-refractivity contribution in [3.63, 3.8) is 0 Å². The zero-order valence-corrected chi connectivity index (χ0v) is 14.4. The van der Waals surface area contributed by atoms with Crippen molar-refractivity contribution >= 4 is 15.7 Å². The van der Waals surface area contributed by atoms with Crippen LogP contribution in [0, 0.1) is 0 Å². The molecule has 3 N–H and O–H groups in total. The fraction of sp³-hybridized carbons (Fsp3) is 0.294. The van der Waals surface area contributed by atoms with E-state index in [-0.39, 0.29) is 5.69 Å². The maximum absolute atomic E-state index is 13.1. The molecule has 136 valence electrons. The van der Waals surface area contributed by atoms with Crippen molar-refractivity contribution in [3.8, 4) is 0 Å². The first-order valence-corrected chi connectivity index (χ1v) is 9.21. The van der Waals surface area contributed by atoms with Gasteiger partial charge in [0.2, 0.25) is 10.0 Å². The summed E-state index contributed by atoms with van der Waals surface area (Å²) in [5.74, 6) is 0. The third-order valence-electron chi connectivity index (χ3n) is 3.77. The lowest BCUT2D eigenvalue weighted by atomic mass is 10.1. The van der Waals surface area contributed by atoms with Crippen LogP contribution in [0.4, 0.5) is 18.9 Å². The Morgan fingerprint density at radius 2 is 1.64 bits per heavy atom. The van der Waals surface area contributed by atoms with Gasteiger partial charge in [0.05, 0.1) is 10.5 Å². The summed E-state index contributed by atoms with van der Waals surface area (Å²) in [5.41, 5.74) is 1.18. The minimum absolute atomic E-state index is 0.185. The number of hydrogen-bond acceptors (Lipinski definition) is 3. The Balaban J connectivity index is 2.12. The van der Waals surface area contributed by atoms with Crippen molar-refractivity contribution in [2.75, 3.05) is 11.9 Å². The van der Waals surface area contributed by atoms with E-state index in [2.05, 4.69) is 12.2 Å². The van der Waals surface area contributed by atoms with Crippen LogP contribution in [0.1, 0.15) is 23.6 Å². The second kappa shape index (κ2) is 7.45. The van der Waals surface area contributed by atoms with Crippen molar-refractivity contribution in [1.82, 2.24) is 0 Å². The van der Waals surface area contributed by atoms with Gasteiger partial charge in [-0.1, -0.05) is 31.2 Å². The van der Waals surface area contributed by atoms with Crippen LogP contribution in [0.25, 0.3) is 0 Å². The number of anilines is 1. The number of benzene rings is 2. The highest BCUT2D eigenvalue weighted by molar-refractivity contribution is 7.89. The Labute approximate surface area is 144 Å². The van der Waals surface area contributed by atoms with E-state index in [0.717, 1.165) is 24.1 Å². The maximum Gasteiger partial charge on any atom is 0.417 e. The molecule has 0 spiro atoms. The van der Waals surface area contributed by atoms with E-state index < -0.39 is 26.7 Å². The molecule has 0 amide bonds. The lowest BCUT2D eigenvalue weighted by Gasteiger charge is -2.14. The first kappa shape index (κ1) is 19.3. The highest BCUT2D eigenvalue weighted by atomic mass is 32.2. The van der Waals surface area contributed by atoms with Gasteiger partial charge in [-0.15, -0.1) is 0 Å². The molecule has 0 atom stereocenters. The number of nitrogens with two attached hydrogens (primary N) is 1. The smallest absolute Gasteiger partial charge is 0.385 e. The van der Waals surface area contributed by atoms with Crippen molar-refractivity contribution in [1.29, 1.82) is 0 Å². The van der Waals surface area contributed by atoms with Gasteiger partial charge in [-0.05, 0) is 42.2 Å². The number of aryl methyl sites for hydroxylation is 1. The largest absolute Gasteiger partial charge is 0.417 e. The van der Waals surface area contributed by atoms with Crippen LogP contribution >= 0.6 is 0 Å². The van der Waals surface area contributed by atoms with E-state index in [4.69, 9.17) is 5.14 Å². The quantitative estimate of drug-likeness (QED) is 0.814. The summed E-state index contributed by atoms with van der Waals surface area (Å²) in [6.45, 7) is 2.47. The van der Waals surface area contributed by atoms with E-state index in [1.54, 1.807) is 0 Å². The SMILES string of the molecule is CCc1ccc(CCNc2ccc(S(N)(=O)=O)c(C(F)(F)F)c2)cc1. The number of nitrogens with one attached hydrogen (secondary N) is 1. The summed E-state index contributed by atoms with van der Waals surface area (Å²) in [6.07, 6.45) is -3.24. The number of alkyl halides is 3. The second-order valence-electron chi connectivity index (χ2n) is 5.60. The van der Waals surface area contributed by atoms with Crippen molar-refractivity contribution < 1.29 is 21.6 Å². The first-order chi connectivity index (χ1) is 11.6. The molecule has 0 aliphatic heterocycles. The molecule has 0 fully saturated rings. The molecular formula is C17H19F3N2O2S. The summed E-state index contributed by atoms with van der Waals surface area (Å²) in [7, 11) is -4.45. The fourth-order valence-corrected chi connectivity index (χ4v) is 3.14. The Morgan fingerprint density at radius 3 is 2.16 bits per heavy atom. The monoisotopic (exact) mass is 372 g/mol. The topological polar surface area (TPSA) is 72.2 Å². The van der Waals surface area contributed by atoms with Gasteiger partial charge in [0.1, 0.15) is 0 Å². The molecule has 25 heavy (non-hydrogen) atoms. The van der Waals surface area contributed by atoms with E-state index in [1.807, 2.05) is 24.3 Å². The molecule has 0 aromatic heterocycles. The van der Waals surface area contributed by atoms with Crippen LogP contribution in [0.15, 0.2) is 47.4 Å². The summed E-state index contributed by atoms with van der Waals surface area (Å²) in [4.78, 5) is -0.930. The molecule has 2 rings (SSSR count). The summed E-state index contributed by atoms with van der Waals surface area (Å²) >= 11 is 0. The molecule has 8 heteroatoms. The van der Waals surface area contributed by atoms with Crippen LogP contribution in [-0.4, -0.2) is 15.0 Å². The van der Waals surface area contributed by atoms with Crippen LogP contribution in [0.3, 0.4) is 0 Å². The van der Waals surface area contributed by atoms with Gasteiger partial charge >= 0.3 is 6.18 Å². The Morgan fingerprint density at radius 1 is 1.04 bits per heavy atom. The number of hydrogen-bond donors (Lipinski definition) is 2. The van der Waals surface area contributed by atoms with Crippen LogP contribution < -0.4 is 10.5 Å². The van der Waals surface area contributed by atoms with Crippen molar-refractivity contribution in [2.45, 2.75) is 30.8 Å². The number of rotatable bonds is 6. The zero-order chi connectivity index (χ0) is 18.7. The molecule has 0 aliphatic rings. The molecule has 2 aromatic carbocycles. The first-order valence-electron chi connectivity index (χ1n) is 7.67. The number of primary sulfonamides is 1. The predicted octanol–water partition coefficient (Wildman–Crippen LogP) is 3.57. The Kier molecular flexibility index (Phi) is 5.74. The second-order valence-corrected chi connectivity index (χ2v) is 7.13. The molecular weight excluding hydrogens is 353 g/mol. The average Bonchev–Trinajstić information content (AvgIpc) is 2.53. The summed E-state index contributed by atoms with van der Waals surface area (Å²) < 4.78 is 61.8. The molecule has 0 radical (unpaired) electrons. The van der Waals surface area contributed by atoms with Gasteiger partial charge in [-0.3, -0.25) is 0 Å². The van der Waals surface area contributed by atoms with Crippen molar-refractivity contribution in [2.24, 2.45) is 5.14 Å². The lowest BCUT2D eigenvalue weighted by molar-refractivity contribution is -0.139. The minimum atomic E-state index is -4.81. The maximum atomic E-state index is 13.1. The highest BCUT2D eigenvalue weighted by Crippen LogP contribution is 2.35. The van der Waals surface area contributed by atoms with Gasteiger partial charge in [-0.25, -0.2) is 13.6 Å². The Bertz CT molecular complexity index is 832. The van der Waals surface area contributed by atoms with Gasteiger partial charge < -0.3 is 5.32 Å². The van der Waals surface area contributed by atoms with Gasteiger partial charge in [0.25, 0.3) is 0 Å². The van der Waals surface area contributed by atoms with Crippen LogP contribution in [0.5, 0.6) is 0 Å². The molecule has 0 saturated carbocycles. The normalized spacial score (nSPS) is 12.2. The minimum Gasteiger partial charge on any atom is -0.385 e. The van der Waals surface area contributed by atoms with Crippen LogP contribution in [0.2, 0.25) is 0 Å².